The number of rotatable bonds is 4. The third-order valence-corrected chi connectivity index (χ3v) is 5.94. The number of benzene rings is 2. The van der Waals surface area contributed by atoms with E-state index in [2.05, 4.69) is 26.5 Å². The van der Waals surface area contributed by atoms with E-state index >= 15 is 0 Å². The van der Waals surface area contributed by atoms with E-state index in [-0.39, 0.29) is 11.5 Å². The van der Waals surface area contributed by atoms with Crippen LogP contribution in [0.3, 0.4) is 0 Å². The molecule has 0 spiro atoms. The van der Waals surface area contributed by atoms with Crippen LogP contribution in [-0.2, 0) is 14.5 Å². The van der Waals surface area contributed by atoms with Crippen LogP contribution in [0, 0.1) is 11.8 Å². The first-order valence-corrected chi connectivity index (χ1v) is 11.4. The van der Waals surface area contributed by atoms with Crippen LogP contribution in [0.4, 0.5) is 5.69 Å². The number of pyridine rings is 1. The number of hydrogen-bond acceptors (Lipinski definition) is 5. The molecule has 1 unspecified atom stereocenters. The van der Waals surface area contributed by atoms with Crippen molar-refractivity contribution in [2.75, 3.05) is 18.7 Å². The Hall–Kier alpha value is -3.96. The number of carbonyl (C=O) groups is 2. The Morgan fingerprint density at radius 1 is 1.03 bits per heavy atom. The normalized spacial score (nSPS) is 12.0. The van der Waals surface area contributed by atoms with E-state index in [1.165, 1.54) is 25.6 Å². The average molecular weight is 448 g/mol. The van der Waals surface area contributed by atoms with E-state index < -0.39 is 15.6 Å². The molecule has 0 aliphatic rings. The van der Waals surface area contributed by atoms with E-state index in [0.29, 0.717) is 21.9 Å². The molecule has 1 atom stereocenters. The summed E-state index contributed by atoms with van der Waals surface area (Å²) in [5.41, 5.74) is 2.03. The van der Waals surface area contributed by atoms with E-state index in [1.807, 2.05) is 18.2 Å². The Labute approximate surface area is 187 Å². The van der Waals surface area contributed by atoms with Crippen molar-refractivity contribution in [1.29, 1.82) is 0 Å². The van der Waals surface area contributed by atoms with E-state index in [1.54, 1.807) is 43.5 Å². The van der Waals surface area contributed by atoms with Crippen LogP contribution >= 0.6 is 0 Å². The minimum Gasteiger partial charge on any atom is -0.497 e. The van der Waals surface area contributed by atoms with Gasteiger partial charge in [-0.1, -0.05) is 17.9 Å². The Morgan fingerprint density at radius 3 is 2.44 bits per heavy atom. The van der Waals surface area contributed by atoms with Crippen LogP contribution in [-0.4, -0.2) is 34.4 Å². The maximum Gasteiger partial charge on any atom is 0.286 e. The van der Waals surface area contributed by atoms with Gasteiger partial charge in [-0.15, -0.1) is 0 Å². The molecule has 2 amide bonds. The van der Waals surface area contributed by atoms with Crippen molar-refractivity contribution in [1.82, 2.24) is 4.98 Å². The summed E-state index contributed by atoms with van der Waals surface area (Å²) in [6.45, 7) is 1.40. The van der Waals surface area contributed by atoms with Gasteiger partial charge in [0.05, 0.1) is 22.4 Å². The van der Waals surface area contributed by atoms with Gasteiger partial charge in [-0.05, 0) is 48.5 Å². The van der Waals surface area contributed by atoms with Gasteiger partial charge in [0.2, 0.25) is 5.91 Å². The summed E-state index contributed by atoms with van der Waals surface area (Å²) >= 11 is 0. The predicted molar refractivity (Wildman–Crippen MR) is 123 cm³/mol. The predicted octanol–water partition coefficient (Wildman–Crippen LogP) is 3.75. The second kappa shape index (κ2) is 9.90. The van der Waals surface area contributed by atoms with Crippen LogP contribution in [0.15, 0.2) is 76.2 Å². The van der Waals surface area contributed by atoms with Gasteiger partial charge in [0.1, 0.15) is 5.75 Å². The number of aromatic nitrogens is 1. The molecule has 32 heavy (non-hydrogen) atoms. The van der Waals surface area contributed by atoms with E-state index in [9.17, 15) is 13.8 Å². The Balaban J connectivity index is 1.83. The lowest BCUT2D eigenvalue weighted by molar-refractivity contribution is -0.114. The highest BCUT2D eigenvalue weighted by atomic mass is 32.2. The molecule has 0 aliphatic heterocycles. The lowest BCUT2D eigenvalue weighted by Crippen LogP contribution is -2.07. The molecule has 162 valence electrons. The molecular weight excluding hydrogens is 426 g/mol. The topological polar surface area (TPSA) is 97.7 Å². The Kier molecular flexibility index (Phi) is 7.03. The second-order valence-electron chi connectivity index (χ2n) is 6.85. The fourth-order valence-electron chi connectivity index (χ4n) is 2.73. The SMILES string of the molecule is COc1cccc(C#Cc2cncc(C(=O)N=S(C)(=O)c3ccc(NC(C)=O)cc3)c2)c1. The molecule has 0 saturated carbocycles. The molecule has 8 heteroatoms. The third-order valence-electron chi connectivity index (χ3n) is 4.28. The van der Waals surface area contributed by atoms with Gasteiger partial charge in [-0.25, -0.2) is 4.21 Å². The summed E-state index contributed by atoms with van der Waals surface area (Å²) in [7, 11) is -1.41. The first-order valence-electron chi connectivity index (χ1n) is 9.52. The molecular formula is C24H21N3O4S. The molecule has 0 aliphatic carbocycles. The molecule has 0 fully saturated rings. The number of amides is 2. The highest BCUT2D eigenvalue weighted by Gasteiger charge is 2.12. The lowest BCUT2D eigenvalue weighted by atomic mass is 10.1. The third kappa shape index (κ3) is 6.03. The summed E-state index contributed by atoms with van der Waals surface area (Å²) in [4.78, 5) is 28.2. The molecule has 3 aromatic rings. The van der Waals surface area contributed by atoms with E-state index in [4.69, 9.17) is 4.74 Å². The van der Waals surface area contributed by atoms with Crippen molar-refractivity contribution >= 4 is 27.2 Å². The van der Waals surface area contributed by atoms with Crippen molar-refractivity contribution in [3.63, 3.8) is 0 Å². The van der Waals surface area contributed by atoms with Gasteiger partial charge in [0, 0.05) is 47.3 Å². The summed E-state index contributed by atoms with van der Waals surface area (Å²) in [6.07, 6.45) is 4.28. The van der Waals surface area contributed by atoms with Crippen molar-refractivity contribution in [3.05, 3.63) is 83.7 Å². The number of anilines is 1. The lowest BCUT2D eigenvalue weighted by Gasteiger charge is -2.06. The van der Waals surface area contributed by atoms with Crippen LogP contribution in [0.1, 0.15) is 28.4 Å². The number of nitrogens with one attached hydrogen (secondary N) is 1. The highest BCUT2D eigenvalue weighted by molar-refractivity contribution is 7.93. The zero-order chi connectivity index (χ0) is 23.1. The van der Waals surface area contributed by atoms with Crippen LogP contribution in [0.25, 0.3) is 0 Å². The van der Waals surface area contributed by atoms with Gasteiger partial charge in [-0.3, -0.25) is 14.6 Å². The quantitative estimate of drug-likeness (QED) is 0.615. The second-order valence-corrected chi connectivity index (χ2v) is 9.11. The van der Waals surface area contributed by atoms with Crippen LogP contribution in [0.5, 0.6) is 5.75 Å². The fraction of sp³-hybridized carbons (Fsp3) is 0.125. The average Bonchev–Trinajstić information content (AvgIpc) is 2.77. The van der Waals surface area contributed by atoms with Gasteiger partial charge >= 0.3 is 0 Å². The summed E-state index contributed by atoms with van der Waals surface area (Å²) in [6, 6.07) is 15.2. The maximum absolute atomic E-state index is 13.0. The largest absolute Gasteiger partial charge is 0.497 e. The minimum atomic E-state index is -2.99. The van der Waals surface area contributed by atoms with Crippen molar-refractivity contribution < 1.29 is 18.5 Å². The van der Waals surface area contributed by atoms with E-state index in [0.717, 1.165) is 5.56 Å². The summed E-state index contributed by atoms with van der Waals surface area (Å²) in [5, 5.41) is 2.63. The molecule has 1 aromatic heterocycles. The maximum atomic E-state index is 13.0. The van der Waals surface area contributed by atoms with Crippen molar-refractivity contribution in [3.8, 4) is 17.6 Å². The number of ether oxygens (including phenoxy) is 1. The standard InChI is InChI=1S/C24H21N3O4S/c1-17(28)26-21-9-11-23(12-10-21)32(3,30)27-24(29)20-13-19(15-25-16-20)8-7-18-5-4-6-22(14-18)31-2/h4-6,9-16H,1-3H3,(H,26,28). The zero-order valence-electron chi connectivity index (χ0n) is 17.8. The number of methoxy groups -OCH3 is 1. The number of carbonyl (C=O) groups excluding carboxylic acids is 2. The fourth-order valence-corrected chi connectivity index (χ4v) is 3.90. The number of hydrogen-bond donors (Lipinski definition) is 1. The zero-order valence-corrected chi connectivity index (χ0v) is 18.6. The molecule has 0 radical (unpaired) electrons. The highest BCUT2D eigenvalue weighted by Crippen LogP contribution is 2.17. The van der Waals surface area contributed by atoms with Crippen LogP contribution < -0.4 is 10.1 Å². The summed E-state index contributed by atoms with van der Waals surface area (Å²) < 4.78 is 22.1. The van der Waals surface area contributed by atoms with Crippen LogP contribution in [0.2, 0.25) is 0 Å². The molecule has 7 nitrogen and oxygen atoms in total. The van der Waals surface area contributed by atoms with Gasteiger partial charge in [-0.2, -0.15) is 4.36 Å². The summed E-state index contributed by atoms with van der Waals surface area (Å²) in [5.74, 6) is 5.78. The van der Waals surface area contributed by atoms with Gasteiger partial charge in [0.15, 0.2) is 0 Å². The minimum absolute atomic E-state index is 0.187. The molecule has 2 aromatic carbocycles. The first-order chi connectivity index (χ1) is 15.3. The molecule has 1 heterocycles. The van der Waals surface area contributed by atoms with Gasteiger partial charge < -0.3 is 10.1 Å². The van der Waals surface area contributed by atoms with Gasteiger partial charge in [0.25, 0.3) is 5.91 Å². The first kappa shape index (κ1) is 22.7. The Bertz CT molecular complexity index is 1350. The smallest absolute Gasteiger partial charge is 0.286 e. The molecule has 0 saturated heterocycles. The molecule has 3 rings (SSSR count). The van der Waals surface area contributed by atoms with Crippen molar-refractivity contribution in [2.45, 2.75) is 11.8 Å². The molecule has 0 bridgehead atoms. The molecule has 1 N–H and O–H groups in total. The number of nitrogens with zero attached hydrogens (tertiary/aromatic N) is 2. The monoisotopic (exact) mass is 447 g/mol. The Morgan fingerprint density at radius 2 is 1.75 bits per heavy atom. The van der Waals surface area contributed by atoms with Crippen molar-refractivity contribution in [2.24, 2.45) is 4.36 Å².